The van der Waals surface area contributed by atoms with Crippen molar-refractivity contribution in [1.29, 1.82) is 0 Å². The lowest BCUT2D eigenvalue weighted by Crippen LogP contribution is -2.27. The van der Waals surface area contributed by atoms with Crippen LogP contribution in [-0.2, 0) is 24.2 Å². The number of nitrogens with zero attached hydrogens (tertiary/aromatic N) is 2. The number of hydrogen-bond acceptors (Lipinski definition) is 3. The number of imidazole rings is 1. The highest BCUT2D eigenvalue weighted by molar-refractivity contribution is 5.16. The monoisotopic (exact) mass is 235 g/mol. The van der Waals surface area contributed by atoms with Crippen molar-refractivity contribution < 1.29 is 4.74 Å². The highest BCUT2D eigenvalue weighted by Crippen LogP contribution is 2.26. The van der Waals surface area contributed by atoms with Crippen LogP contribution >= 0.6 is 0 Å². The first-order chi connectivity index (χ1) is 8.38. The molecule has 1 aromatic rings. The Labute approximate surface area is 102 Å². The van der Waals surface area contributed by atoms with Crippen molar-refractivity contribution in [3.8, 4) is 0 Å². The molecule has 3 rings (SSSR count). The molecule has 2 unspecified atom stereocenters. The summed E-state index contributed by atoms with van der Waals surface area (Å²) in [6.07, 6.45) is 5.91. The molecule has 94 valence electrons. The third-order valence-electron chi connectivity index (χ3n) is 4.04. The van der Waals surface area contributed by atoms with E-state index in [1.807, 2.05) is 6.33 Å². The van der Waals surface area contributed by atoms with Gasteiger partial charge < -0.3 is 14.6 Å². The second kappa shape index (κ2) is 4.78. The molecular formula is C13H21N3O. The number of rotatable bonds is 3. The molecule has 0 saturated carbocycles. The summed E-state index contributed by atoms with van der Waals surface area (Å²) >= 11 is 0. The number of ether oxygens (including phenoxy) is 1. The number of nitrogens with one attached hydrogen (secondary N) is 1. The van der Waals surface area contributed by atoms with Gasteiger partial charge in [-0.05, 0) is 12.8 Å². The van der Waals surface area contributed by atoms with Crippen molar-refractivity contribution >= 4 is 0 Å². The Bertz CT molecular complexity index is 388. The average Bonchev–Trinajstić information content (AvgIpc) is 2.97. The standard InChI is InChI=1S/C13H21N3O/c1-2-13-10(4-6-17-13)8-16-9-15-11-7-14-5-3-12(11)16/h9-10,13-14H,2-8H2,1H3. The van der Waals surface area contributed by atoms with Gasteiger partial charge in [0, 0.05) is 44.3 Å². The van der Waals surface area contributed by atoms with Gasteiger partial charge in [0.15, 0.2) is 0 Å². The maximum atomic E-state index is 5.76. The van der Waals surface area contributed by atoms with E-state index in [1.54, 1.807) is 0 Å². The maximum absolute atomic E-state index is 5.76. The van der Waals surface area contributed by atoms with Crippen LogP contribution in [0.1, 0.15) is 31.2 Å². The number of hydrogen-bond donors (Lipinski definition) is 1. The van der Waals surface area contributed by atoms with Gasteiger partial charge in [-0.1, -0.05) is 6.92 Å². The highest BCUT2D eigenvalue weighted by atomic mass is 16.5. The zero-order valence-corrected chi connectivity index (χ0v) is 10.5. The highest BCUT2D eigenvalue weighted by Gasteiger charge is 2.28. The largest absolute Gasteiger partial charge is 0.378 e. The van der Waals surface area contributed by atoms with E-state index in [1.165, 1.54) is 17.8 Å². The van der Waals surface area contributed by atoms with E-state index >= 15 is 0 Å². The summed E-state index contributed by atoms with van der Waals surface area (Å²) in [7, 11) is 0. The summed E-state index contributed by atoms with van der Waals surface area (Å²) < 4.78 is 8.12. The van der Waals surface area contributed by atoms with E-state index in [9.17, 15) is 0 Å². The van der Waals surface area contributed by atoms with Gasteiger partial charge in [-0.2, -0.15) is 0 Å². The topological polar surface area (TPSA) is 39.1 Å². The smallest absolute Gasteiger partial charge is 0.0952 e. The minimum absolute atomic E-state index is 0.453. The SMILES string of the molecule is CCC1OCCC1Cn1cnc2c1CCNC2. The Morgan fingerprint density at radius 1 is 1.59 bits per heavy atom. The van der Waals surface area contributed by atoms with E-state index in [4.69, 9.17) is 4.74 Å². The molecule has 4 heteroatoms. The van der Waals surface area contributed by atoms with E-state index in [0.717, 1.165) is 39.1 Å². The molecule has 0 aliphatic carbocycles. The molecule has 1 aromatic heterocycles. The third kappa shape index (κ3) is 2.11. The molecule has 2 atom stereocenters. The minimum atomic E-state index is 0.453. The Hall–Kier alpha value is -0.870. The van der Waals surface area contributed by atoms with E-state index < -0.39 is 0 Å². The van der Waals surface area contributed by atoms with Crippen LogP contribution < -0.4 is 5.32 Å². The molecule has 2 aliphatic heterocycles. The summed E-state index contributed by atoms with van der Waals surface area (Å²) in [6.45, 7) is 6.25. The second-order valence-corrected chi connectivity index (χ2v) is 5.08. The zero-order valence-electron chi connectivity index (χ0n) is 10.5. The Kier molecular flexibility index (Phi) is 3.16. The summed E-state index contributed by atoms with van der Waals surface area (Å²) in [6, 6.07) is 0. The van der Waals surface area contributed by atoms with Crippen molar-refractivity contribution in [2.24, 2.45) is 5.92 Å². The van der Waals surface area contributed by atoms with Crippen molar-refractivity contribution in [1.82, 2.24) is 14.9 Å². The van der Waals surface area contributed by atoms with Gasteiger partial charge in [0.25, 0.3) is 0 Å². The molecule has 0 aromatic carbocycles. The van der Waals surface area contributed by atoms with Crippen molar-refractivity contribution in [2.75, 3.05) is 13.2 Å². The molecule has 0 amide bonds. The normalized spacial score (nSPS) is 28.3. The molecular weight excluding hydrogens is 214 g/mol. The summed E-state index contributed by atoms with van der Waals surface area (Å²) in [5.74, 6) is 0.674. The quantitative estimate of drug-likeness (QED) is 0.859. The molecule has 1 fully saturated rings. The molecule has 1 N–H and O–H groups in total. The minimum Gasteiger partial charge on any atom is -0.378 e. The van der Waals surface area contributed by atoms with Gasteiger partial charge in [0.2, 0.25) is 0 Å². The van der Waals surface area contributed by atoms with Gasteiger partial charge in [0.05, 0.1) is 18.1 Å². The van der Waals surface area contributed by atoms with Crippen molar-refractivity contribution in [3.05, 3.63) is 17.7 Å². The van der Waals surface area contributed by atoms with Crippen LogP contribution in [0, 0.1) is 5.92 Å². The molecule has 17 heavy (non-hydrogen) atoms. The van der Waals surface area contributed by atoms with Crippen molar-refractivity contribution in [2.45, 2.75) is 45.4 Å². The summed E-state index contributed by atoms with van der Waals surface area (Å²) in [5, 5.41) is 3.37. The summed E-state index contributed by atoms with van der Waals surface area (Å²) in [4.78, 5) is 4.51. The fourth-order valence-corrected chi connectivity index (χ4v) is 3.06. The third-order valence-corrected chi connectivity index (χ3v) is 4.04. The Morgan fingerprint density at radius 3 is 3.41 bits per heavy atom. The van der Waals surface area contributed by atoms with Gasteiger partial charge in [-0.15, -0.1) is 0 Å². The second-order valence-electron chi connectivity index (χ2n) is 5.08. The van der Waals surface area contributed by atoms with Gasteiger partial charge >= 0.3 is 0 Å². The fourth-order valence-electron chi connectivity index (χ4n) is 3.06. The Morgan fingerprint density at radius 2 is 2.53 bits per heavy atom. The first-order valence-corrected chi connectivity index (χ1v) is 6.73. The Balaban J connectivity index is 1.74. The number of fused-ring (bicyclic) bond motifs is 1. The zero-order chi connectivity index (χ0) is 11.7. The van der Waals surface area contributed by atoms with Gasteiger partial charge in [0.1, 0.15) is 0 Å². The molecule has 4 nitrogen and oxygen atoms in total. The van der Waals surface area contributed by atoms with Crippen LogP contribution in [0.15, 0.2) is 6.33 Å². The van der Waals surface area contributed by atoms with Crippen LogP contribution in [0.2, 0.25) is 0 Å². The van der Waals surface area contributed by atoms with Crippen LogP contribution in [-0.4, -0.2) is 28.8 Å². The van der Waals surface area contributed by atoms with Crippen LogP contribution in [0.3, 0.4) is 0 Å². The predicted octanol–water partition coefficient (Wildman–Crippen LogP) is 1.34. The first kappa shape index (κ1) is 11.2. The molecule has 3 heterocycles. The fraction of sp³-hybridized carbons (Fsp3) is 0.769. The van der Waals surface area contributed by atoms with Crippen LogP contribution in [0.4, 0.5) is 0 Å². The van der Waals surface area contributed by atoms with Crippen LogP contribution in [0.5, 0.6) is 0 Å². The lowest BCUT2D eigenvalue weighted by atomic mass is 9.99. The molecule has 1 saturated heterocycles. The average molecular weight is 235 g/mol. The van der Waals surface area contributed by atoms with E-state index in [-0.39, 0.29) is 0 Å². The first-order valence-electron chi connectivity index (χ1n) is 6.73. The lowest BCUT2D eigenvalue weighted by Gasteiger charge is -2.20. The molecule has 2 aliphatic rings. The van der Waals surface area contributed by atoms with Gasteiger partial charge in [-0.3, -0.25) is 0 Å². The van der Waals surface area contributed by atoms with E-state index in [2.05, 4.69) is 21.8 Å². The maximum Gasteiger partial charge on any atom is 0.0952 e. The van der Waals surface area contributed by atoms with E-state index in [0.29, 0.717) is 12.0 Å². The van der Waals surface area contributed by atoms with Crippen molar-refractivity contribution in [3.63, 3.8) is 0 Å². The molecule has 0 bridgehead atoms. The molecule has 0 radical (unpaired) electrons. The summed E-state index contributed by atoms with van der Waals surface area (Å²) in [5.41, 5.74) is 2.67. The van der Waals surface area contributed by atoms with Gasteiger partial charge in [-0.25, -0.2) is 4.98 Å². The number of aromatic nitrogens is 2. The predicted molar refractivity (Wildman–Crippen MR) is 65.8 cm³/mol. The molecule has 0 spiro atoms. The lowest BCUT2D eigenvalue weighted by molar-refractivity contribution is 0.0833. The van der Waals surface area contributed by atoms with Crippen LogP contribution in [0.25, 0.3) is 0 Å².